The van der Waals surface area contributed by atoms with Crippen LogP contribution in [0.2, 0.25) is 0 Å². The minimum atomic E-state index is -0.00671. The Morgan fingerprint density at radius 3 is 2.80 bits per heavy atom. The maximum atomic E-state index is 11.6. The van der Waals surface area contributed by atoms with Gasteiger partial charge in [0.15, 0.2) is 0 Å². The number of rotatable bonds is 8. The molecule has 0 saturated heterocycles. The number of terminal acetylenes is 1. The van der Waals surface area contributed by atoms with Gasteiger partial charge in [0.1, 0.15) is 0 Å². The van der Waals surface area contributed by atoms with E-state index in [1.807, 2.05) is 0 Å². The van der Waals surface area contributed by atoms with Gasteiger partial charge in [0, 0.05) is 13.1 Å². The molecule has 0 atom stereocenters. The lowest BCUT2D eigenvalue weighted by atomic mass is 10.3. The Morgan fingerprint density at radius 2 is 2.27 bits per heavy atom. The molecule has 0 aliphatic carbocycles. The minimum Gasteiger partial charge on any atom is -0.395 e. The maximum Gasteiger partial charge on any atom is 0.236 e. The predicted molar refractivity (Wildman–Crippen MR) is 60.3 cm³/mol. The van der Waals surface area contributed by atoms with E-state index in [2.05, 4.69) is 18.2 Å². The Balaban J connectivity index is 3.87. The molecular formula is C11H20N2O2. The lowest BCUT2D eigenvalue weighted by Crippen LogP contribution is -2.40. The van der Waals surface area contributed by atoms with Crippen LogP contribution in [0.25, 0.3) is 0 Å². The third kappa shape index (κ3) is 6.95. The zero-order valence-corrected chi connectivity index (χ0v) is 9.33. The van der Waals surface area contributed by atoms with Gasteiger partial charge in [-0.3, -0.25) is 10.1 Å². The molecule has 0 aromatic carbocycles. The van der Waals surface area contributed by atoms with Crippen molar-refractivity contribution in [2.24, 2.45) is 0 Å². The van der Waals surface area contributed by atoms with Crippen LogP contribution in [0.1, 0.15) is 19.8 Å². The second-order valence-corrected chi connectivity index (χ2v) is 3.27. The number of amides is 1. The van der Waals surface area contributed by atoms with Gasteiger partial charge in [-0.25, -0.2) is 0 Å². The second kappa shape index (κ2) is 9.50. The lowest BCUT2D eigenvalue weighted by molar-refractivity contribution is -0.130. The normalized spacial score (nSPS) is 9.67. The number of hydrogen-bond acceptors (Lipinski definition) is 3. The first kappa shape index (κ1) is 13.9. The summed E-state index contributed by atoms with van der Waals surface area (Å²) in [6.07, 6.45) is 7.05. The molecule has 0 rings (SSSR count). The summed E-state index contributed by atoms with van der Waals surface area (Å²) < 4.78 is 0. The fraction of sp³-hybridized carbons (Fsp3) is 0.727. The Labute approximate surface area is 91.7 Å². The van der Waals surface area contributed by atoms with Crippen LogP contribution in [0.4, 0.5) is 0 Å². The largest absolute Gasteiger partial charge is 0.395 e. The number of aliphatic hydroxyl groups excluding tert-OH is 1. The minimum absolute atomic E-state index is 0.00456. The third-order valence-electron chi connectivity index (χ3n) is 2.01. The molecule has 2 N–H and O–H groups in total. The molecule has 0 spiro atoms. The van der Waals surface area contributed by atoms with Crippen molar-refractivity contribution in [2.75, 3.05) is 32.8 Å². The van der Waals surface area contributed by atoms with Crippen molar-refractivity contribution in [3.05, 3.63) is 0 Å². The van der Waals surface area contributed by atoms with Crippen molar-refractivity contribution in [3.63, 3.8) is 0 Å². The van der Waals surface area contributed by atoms with E-state index in [1.54, 1.807) is 4.90 Å². The van der Waals surface area contributed by atoms with Gasteiger partial charge in [-0.2, -0.15) is 0 Å². The molecule has 4 nitrogen and oxygen atoms in total. The number of carbonyl (C=O) groups is 1. The van der Waals surface area contributed by atoms with Gasteiger partial charge in [-0.1, -0.05) is 19.3 Å². The fourth-order valence-corrected chi connectivity index (χ4v) is 1.18. The van der Waals surface area contributed by atoms with Crippen molar-refractivity contribution in [1.82, 2.24) is 10.2 Å². The summed E-state index contributed by atoms with van der Waals surface area (Å²) in [5, 5.41) is 11.7. The summed E-state index contributed by atoms with van der Waals surface area (Å²) in [6, 6.07) is 0. The van der Waals surface area contributed by atoms with Gasteiger partial charge in [-0.15, -0.1) is 6.42 Å². The number of nitrogens with zero attached hydrogens (tertiary/aromatic N) is 1. The van der Waals surface area contributed by atoms with Crippen LogP contribution in [0.5, 0.6) is 0 Å². The highest BCUT2D eigenvalue weighted by Gasteiger charge is 2.10. The van der Waals surface area contributed by atoms with E-state index in [-0.39, 0.29) is 19.1 Å². The smallest absolute Gasteiger partial charge is 0.236 e. The van der Waals surface area contributed by atoms with Crippen LogP contribution in [0.3, 0.4) is 0 Å². The van der Waals surface area contributed by atoms with Crippen molar-refractivity contribution < 1.29 is 9.90 Å². The van der Waals surface area contributed by atoms with Gasteiger partial charge in [0.05, 0.1) is 19.7 Å². The van der Waals surface area contributed by atoms with Crippen LogP contribution in [0.15, 0.2) is 0 Å². The van der Waals surface area contributed by atoms with Crippen molar-refractivity contribution in [3.8, 4) is 12.3 Å². The molecule has 0 fully saturated rings. The van der Waals surface area contributed by atoms with Gasteiger partial charge < -0.3 is 10.0 Å². The number of aliphatic hydroxyl groups is 1. The Bertz CT molecular complexity index is 211. The van der Waals surface area contributed by atoms with Crippen LogP contribution >= 0.6 is 0 Å². The zero-order valence-electron chi connectivity index (χ0n) is 9.33. The highest BCUT2D eigenvalue weighted by atomic mass is 16.3. The molecular weight excluding hydrogens is 192 g/mol. The molecule has 0 heterocycles. The Morgan fingerprint density at radius 1 is 1.53 bits per heavy atom. The monoisotopic (exact) mass is 212 g/mol. The highest BCUT2D eigenvalue weighted by Crippen LogP contribution is 1.95. The SMILES string of the molecule is C#CCNCC(=O)N(CCO)CCCC. The topological polar surface area (TPSA) is 52.6 Å². The van der Waals surface area contributed by atoms with Gasteiger partial charge in [0.25, 0.3) is 0 Å². The zero-order chi connectivity index (χ0) is 11.5. The molecule has 0 aliphatic rings. The number of unbranched alkanes of at least 4 members (excludes halogenated alkanes) is 1. The first-order valence-electron chi connectivity index (χ1n) is 5.29. The molecule has 0 saturated carbocycles. The summed E-state index contributed by atoms with van der Waals surface area (Å²) >= 11 is 0. The molecule has 0 aliphatic heterocycles. The van der Waals surface area contributed by atoms with Gasteiger partial charge in [-0.05, 0) is 6.42 Å². The lowest BCUT2D eigenvalue weighted by Gasteiger charge is -2.21. The van der Waals surface area contributed by atoms with Gasteiger partial charge in [0.2, 0.25) is 5.91 Å². The third-order valence-corrected chi connectivity index (χ3v) is 2.01. The van der Waals surface area contributed by atoms with Crippen molar-refractivity contribution in [2.45, 2.75) is 19.8 Å². The summed E-state index contributed by atoms with van der Waals surface area (Å²) in [7, 11) is 0. The standard InChI is InChI=1S/C11H20N2O2/c1-3-5-7-13(8-9-14)11(15)10-12-6-4-2/h2,12,14H,3,5-10H2,1H3. The van der Waals surface area contributed by atoms with Crippen molar-refractivity contribution >= 4 is 5.91 Å². The van der Waals surface area contributed by atoms with E-state index < -0.39 is 0 Å². The molecule has 15 heavy (non-hydrogen) atoms. The van der Waals surface area contributed by atoms with E-state index in [4.69, 9.17) is 11.5 Å². The number of nitrogens with one attached hydrogen (secondary N) is 1. The molecule has 0 aromatic heterocycles. The van der Waals surface area contributed by atoms with Crippen LogP contribution in [-0.2, 0) is 4.79 Å². The van der Waals surface area contributed by atoms with E-state index in [0.717, 1.165) is 12.8 Å². The van der Waals surface area contributed by atoms with E-state index in [1.165, 1.54) is 0 Å². The fourth-order valence-electron chi connectivity index (χ4n) is 1.18. The number of carbonyl (C=O) groups excluding carboxylic acids is 1. The first-order valence-corrected chi connectivity index (χ1v) is 5.29. The van der Waals surface area contributed by atoms with E-state index in [0.29, 0.717) is 19.6 Å². The first-order chi connectivity index (χ1) is 7.26. The summed E-state index contributed by atoms with van der Waals surface area (Å²) in [5.41, 5.74) is 0. The summed E-state index contributed by atoms with van der Waals surface area (Å²) in [5.74, 6) is 2.40. The van der Waals surface area contributed by atoms with Crippen LogP contribution in [-0.4, -0.2) is 48.7 Å². The van der Waals surface area contributed by atoms with Crippen LogP contribution in [0, 0.1) is 12.3 Å². The average molecular weight is 212 g/mol. The Hall–Kier alpha value is -1.05. The quantitative estimate of drug-likeness (QED) is 0.434. The van der Waals surface area contributed by atoms with Crippen molar-refractivity contribution in [1.29, 1.82) is 0 Å². The van der Waals surface area contributed by atoms with E-state index >= 15 is 0 Å². The molecule has 1 amide bonds. The summed E-state index contributed by atoms with van der Waals surface area (Å²) in [4.78, 5) is 13.3. The second-order valence-electron chi connectivity index (χ2n) is 3.27. The average Bonchev–Trinajstić information content (AvgIpc) is 2.24. The molecule has 0 radical (unpaired) electrons. The highest BCUT2D eigenvalue weighted by molar-refractivity contribution is 5.78. The van der Waals surface area contributed by atoms with E-state index in [9.17, 15) is 4.79 Å². The molecule has 4 heteroatoms. The molecule has 86 valence electrons. The van der Waals surface area contributed by atoms with Crippen LogP contribution < -0.4 is 5.32 Å². The Kier molecular flexibility index (Phi) is 8.84. The number of hydrogen-bond donors (Lipinski definition) is 2. The molecule has 0 unspecified atom stereocenters. The predicted octanol–water partition coefficient (Wildman–Crippen LogP) is -0.170. The molecule has 0 aromatic rings. The maximum absolute atomic E-state index is 11.6. The van der Waals surface area contributed by atoms with Gasteiger partial charge >= 0.3 is 0 Å². The summed E-state index contributed by atoms with van der Waals surface area (Å²) in [6.45, 7) is 3.81. The molecule has 0 bridgehead atoms.